The van der Waals surface area contributed by atoms with Crippen molar-refractivity contribution in [1.82, 2.24) is 15.1 Å². The summed E-state index contributed by atoms with van der Waals surface area (Å²) in [6, 6.07) is 1.69. The number of ether oxygens (including phenoxy) is 1. The van der Waals surface area contributed by atoms with Crippen LogP contribution in [0.3, 0.4) is 0 Å². The largest absolute Gasteiger partial charge is 0.380 e. The van der Waals surface area contributed by atoms with Crippen molar-refractivity contribution >= 4 is 6.03 Å². The number of carbonyl (C=O) groups excluding carboxylic acids is 1. The van der Waals surface area contributed by atoms with Gasteiger partial charge in [0.15, 0.2) is 0 Å². The molecule has 3 aliphatic rings. The van der Waals surface area contributed by atoms with Gasteiger partial charge in [-0.1, -0.05) is 0 Å². The number of hydrogen-bond acceptors (Lipinski definition) is 3. The molecule has 0 aromatic carbocycles. The van der Waals surface area contributed by atoms with E-state index in [0.717, 1.165) is 32.5 Å². The van der Waals surface area contributed by atoms with E-state index in [4.69, 9.17) is 4.74 Å². The molecule has 1 spiro atoms. The van der Waals surface area contributed by atoms with Gasteiger partial charge in [0.1, 0.15) is 0 Å². The minimum absolute atomic E-state index is 0.0501. The van der Waals surface area contributed by atoms with Gasteiger partial charge in [-0.2, -0.15) is 0 Å². The Bertz CT molecular complexity index is 387. The molecule has 0 saturated carbocycles. The Morgan fingerprint density at radius 2 is 2.00 bits per heavy atom. The molecule has 3 aliphatic heterocycles. The molecule has 5 nitrogen and oxygen atoms in total. The topological polar surface area (TPSA) is 44.8 Å². The molecule has 3 rings (SSSR count). The van der Waals surface area contributed by atoms with Crippen molar-refractivity contribution in [1.29, 1.82) is 0 Å². The minimum atomic E-state index is 0.0501. The molecule has 21 heavy (non-hydrogen) atoms. The second-order valence-corrected chi connectivity index (χ2v) is 7.14. The first kappa shape index (κ1) is 15.1. The fourth-order valence-electron chi connectivity index (χ4n) is 4.67. The summed E-state index contributed by atoms with van der Waals surface area (Å²) in [7, 11) is 0. The zero-order valence-electron chi connectivity index (χ0n) is 13.6. The highest BCUT2D eigenvalue weighted by Gasteiger charge is 2.55. The summed E-state index contributed by atoms with van der Waals surface area (Å²) in [6.45, 7) is 9.26. The number of urea groups is 1. The molecule has 3 fully saturated rings. The minimum Gasteiger partial charge on any atom is -0.380 e. The van der Waals surface area contributed by atoms with E-state index in [1.54, 1.807) is 0 Å². The molecule has 0 aliphatic carbocycles. The number of hydrogen-bond donors (Lipinski definition) is 1. The van der Waals surface area contributed by atoms with E-state index in [0.29, 0.717) is 18.7 Å². The number of amides is 2. The van der Waals surface area contributed by atoms with Crippen molar-refractivity contribution in [2.75, 3.05) is 26.3 Å². The van der Waals surface area contributed by atoms with Gasteiger partial charge in [0.05, 0.1) is 12.1 Å². The highest BCUT2D eigenvalue weighted by molar-refractivity contribution is 5.78. The van der Waals surface area contributed by atoms with Crippen LogP contribution in [-0.2, 0) is 4.74 Å². The van der Waals surface area contributed by atoms with E-state index in [-0.39, 0.29) is 17.6 Å². The smallest absolute Gasteiger partial charge is 0.320 e. The maximum atomic E-state index is 12.8. The third-order valence-corrected chi connectivity index (χ3v) is 5.29. The molecule has 0 radical (unpaired) electrons. The Labute approximate surface area is 128 Å². The predicted octanol–water partition coefficient (Wildman–Crippen LogP) is 1.82. The molecular formula is C16H29N3O2. The Balaban J connectivity index is 1.77. The molecule has 2 amide bonds. The van der Waals surface area contributed by atoms with Crippen LogP contribution in [0, 0.1) is 0 Å². The summed E-state index contributed by atoms with van der Waals surface area (Å²) in [5.74, 6) is 0. The van der Waals surface area contributed by atoms with Crippen molar-refractivity contribution in [3.8, 4) is 0 Å². The zero-order chi connectivity index (χ0) is 15.0. The van der Waals surface area contributed by atoms with Crippen molar-refractivity contribution in [3.05, 3.63) is 0 Å². The summed E-state index contributed by atoms with van der Waals surface area (Å²) in [6.07, 6.45) is 4.76. The molecule has 0 aromatic heterocycles. The van der Waals surface area contributed by atoms with Gasteiger partial charge in [-0.3, -0.25) is 0 Å². The van der Waals surface area contributed by atoms with Crippen LogP contribution in [-0.4, -0.2) is 65.8 Å². The fourth-order valence-corrected chi connectivity index (χ4v) is 4.67. The molecule has 2 bridgehead atoms. The highest BCUT2D eigenvalue weighted by atomic mass is 16.5. The quantitative estimate of drug-likeness (QED) is 0.787. The van der Waals surface area contributed by atoms with E-state index < -0.39 is 0 Å². The van der Waals surface area contributed by atoms with E-state index in [9.17, 15) is 4.79 Å². The Morgan fingerprint density at radius 1 is 1.33 bits per heavy atom. The van der Waals surface area contributed by atoms with Gasteiger partial charge in [-0.25, -0.2) is 4.79 Å². The number of rotatable bonds is 5. The molecule has 0 aromatic rings. The number of fused-ring (bicyclic) bond motifs is 2. The summed E-state index contributed by atoms with van der Waals surface area (Å²) in [4.78, 5) is 17.0. The normalized spacial score (nSPS) is 35.5. The van der Waals surface area contributed by atoms with Crippen LogP contribution < -0.4 is 5.32 Å². The van der Waals surface area contributed by atoms with Crippen molar-refractivity contribution in [2.24, 2.45) is 0 Å². The predicted molar refractivity (Wildman–Crippen MR) is 82.3 cm³/mol. The van der Waals surface area contributed by atoms with Crippen molar-refractivity contribution in [2.45, 2.75) is 70.1 Å². The summed E-state index contributed by atoms with van der Waals surface area (Å²) in [5.41, 5.74) is 0.0501. The zero-order valence-corrected chi connectivity index (χ0v) is 13.6. The number of nitrogens with one attached hydrogen (secondary N) is 1. The summed E-state index contributed by atoms with van der Waals surface area (Å²) < 4.78 is 5.45. The first-order valence-corrected chi connectivity index (χ1v) is 8.48. The fraction of sp³-hybridized carbons (Fsp3) is 0.938. The van der Waals surface area contributed by atoms with Crippen LogP contribution in [0.2, 0.25) is 0 Å². The van der Waals surface area contributed by atoms with Crippen LogP contribution >= 0.6 is 0 Å². The highest BCUT2D eigenvalue weighted by Crippen LogP contribution is 2.43. The lowest BCUT2D eigenvalue weighted by Gasteiger charge is -2.45. The molecular weight excluding hydrogens is 266 g/mol. The third-order valence-electron chi connectivity index (χ3n) is 5.29. The van der Waals surface area contributed by atoms with Crippen LogP contribution in [0.1, 0.15) is 46.5 Å². The molecule has 2 unspecified atom stereocenters. The maximum Gasteiger partial charge on any atom is 0.320 e. The van der Waals surface area contributed by atoms with E-state index in [1.807, 2.05) is 11.8 Å². The Kier molecular flexibility index (Phi) is 4.14. The second kappa shape index (κ2) is 5.76. The summed E-state index contributed by atoms with van der Waals surface area (Å²) >= 11 is 0. The lowest BCUT2D eigenvalue weighted by atomic mass is 9.82. The van der Waals surface area contributed by atoms with E-state index in [1.165, 1.54) is 12.8 Å². The molecule has 3 heterocycles. The average molecular weight is 295 g/mol. The Morgan fingerprint density at radius 3 is 2.57 bits per heavy atom. The van der Waals surface area contributed by atoms with Gasteiger partial charge >= 0.3 is 6.03 Å². The first-order valence-electron chi connectivity index (χ1n) is 8.48. The standard InChI is InChI=1S/C16H29N3O2/c1-4-21-8-7-18-11-16(19(12(2)3)15(18)20)9-13-5-6-14(10-16)17-13/h12-14,17H,4-11H2,1-3H3. The number of piperidine rings is 1. The third kappa shape index (κ3) is 2.66. The van der Waals surface area contributed by atoms with Crippen molar-refractivity contribution < 1.29 is 9.53 Å². The molecule has 5 heteroatoms. The van der Waals surface area contributed by atoms with Gasteiger partial charge in [-0.15, -0.1) is 0 Å². The first-order chi connectivity index (χ1) is 10.1. The maximum absolute atomic E-state index is 12.8. The molecule has 120 valence electrons. The van der Waals surface area contributed by atoms with Crippen LogP contribution in [0.15, 0.2) is 0 Å². The monoisotopic (exact) mass is 295 g/mol. The lowest BCUT2D eigenvalue weighted by molar-refractivity contribution is 0.0824. The average Bonchev–Trinajstić information content (AvgIpc) is 2.89. The van der Waals surface area contributed by atoms with Crippen LogP contribution in [0.4, 0.5) is 4.79 Å². The van der Waals surface area contributed by atoms with E-state index in [2.05, 4.69) is 24.1 Å². The molecule has 2 atom stereocenters. The van der Waals surface area contributed by atoms with E-state index >= 15 is 0 Å². The lowest BCUT2D eigenvalue weighted by Crippen LogP contribution is -2.59. The summed E-state index contributed by atoms with van der Waals surface area (Å²) in [5, 5.41) is 3.70. The second-order valence-electron chi connectivity index (χ2n) is 7.14. The Hall–Kier alpha value is -0.810. The molecule has 3 saturated heterocycles. The van der Waals surface area contributed by atoms with Crippen LogP contribution in [0.25, 0.3) is 0 Å². The van der Waals surface area contributed by atoms with Gasteiger partial charge in [-0.05, 0) is 46.5 Å². The SMILES string of the molecule is CCOCCN1CC2(CC3CCC(C2)N3)N(C(C)C)C1=O. The van der Waals surface area contributed by atoms with Gasteiger partial charge in [0.2, 0.25) is 0 Å². The number of carbonyl (C=O) groups is 1. The van der Waals surface area contributed by atoms with Crippen molar-refractivity contribution in [3.63, 3.8) is 0 Å². The van der Waals surface area contributed by atoms with Gasteiger partial charge < -0.3 is 19.9 Å². The van der Waals surface area contributed by atoms with Gasteiger partial charge in [0.25, 0.3) is 0 Å². The molecule has 1 N–H and O–H groups in total. The van der Waals surface area contributed by atoms with Gasteiger partial charge in [0, 0.05) is 37.8 Å². The number of nitrogens with zero attached hydrogens (tertiary/aromatic N) is 2. The van der Waals surface area contributed by atoms with Crippen LogP contribution in [0.5, 0.6) is 0 Å².